The van der Waals surface area contributed by atoms with Gasteiger partial charge in [-0.05, 0) is 50.4 Å². The molecule has 1 aromatic rings. The average Bonchev–Trinajstić information content (AvgIpc) is 3.35. The van der Waals surface area contributed by atoms with Crippen molar-refractivity contribution in [3.63, 3.8) is 0 Å². The van der Waals surface area contributed by atoms with Gasteiger partial charge in [0.1, 0.15) is 6.61 Å². The third-order valence-corrected chi connectivity index (χ3v) is 6.81. The van der Waals surface area contributed by atoms with Crippen LogP contribution in [0.3, 0.4) is 0 Å². The number of hydrogen-bond donors (Lipinski definition) is 0. The second-order valence-electron chi connectivity index (χ2n) is 8.87. The average molecular weight is 392 g/mol. The molecule has 156 valence electrons. The summed E-state index contributed by atoms with van der Waals surface area (Å²) >= 11 is 0. The number of likely N-dealkylation sites (tertiary alicyclic amines) is 1. The minimum absolute atomic E-state index is 0.0809. The van der Waals surface area contributed by atoms with Crippen molar-refractivity contribution in [1.82, 2.24) is 15.0 Å². The van der Waals surface area contributed by atoms with E-state index in [0.717, 1.165) is 58.2 Å². The van der Waals surface area contributed by atoms with Crippen molar-refractivity contribution >= 4 is 5.91 Å². The fourth-order valence-electron chi connectivity index (χ4n) is 5.21. The molecular weight excluding hydrogens is 358 g/mol. The van der Waals surface area contributed by atoms with Gasteiger partial charge in [0.05, 0.1) is 5.60 Å². The van der Waals surface area contributed by atoms with E-state index in [4.69, 9.17) is 14.0 Å². The Balaban J connectivity index is 1.27. The molecule has 7 heteroatoms. The number of carbonyl (C=O) groups excluding carboxylic acids is 1. The summed E-state index contributed by atoms with van der Waals surface area (Å²) in [6.07, 6.45) is 10.5. The molecule has 0 bridgehead atoms. The van der Waals surface area contributed by atoms with Crippen LogP contribution in [-0.2, 0) is 27.3 Å². The molecule has 0 aromatic carbocycles. The van der Waals surface area contributed by atoms with Crippen molar-refractivity contribution in [2.45, 2.75) is 76.4 Å². The van der Waals surface area contributed by atoms with Crippen LogP contribution in [0.4, 0.5) is 0 Å². The molecule has 28 heavy (non-hydrogen) atoms. The molecule has 1 saturated carbocycles. The van der Waals surface area contributed by atoms with Gasteiger partial charge in [-0.25, -0.2) is 0 Å². The number of ether oxygens (including phenoxy) is 2. The summed E-state index contributed by atoms with van der Waals surface area (Å²) in [5.41, 5.74) is -0.0809. The molecule has 0 radical (unpaired) electrons. The van der Waals surface area contributed by atoms with E-state index >= 15 is 0 Å². The van der Waals surface area contributed by atoms with Crippen molar-refractivity contribution in [3.05, 3.63) is 11.7 Å². The predicted molar refractivity (Wildman–Crippen MR) is 103 cm³/mol. The molecule has 1 atom stereocenters. The molecule has 7 nitrogen and oxygen atoms in total. The molecule has 2 saturated heterocycles. The number of amides is 1. The standard InChI is InChI=1S/C21H33N3O4/c1-26-15-18-22-19(28-23-18)12-17-6-11-27-21(14-17)7-9-24(10-8-21)20(25)13-16-4-2-3-5-16/h16-17H,2-15H2,1H3. The van der Waals surface area contributed by atoms with Gasteiger partial charge in [-0.1, -0.05) is 18.0 Å². The number of carbonyl (C=O) groups is 1. The van der Waals surface area contributed by atoms with E-state index in [1.165, 1.54) is 25.7 Å². The molecule has 4 rings (SSSR count). The summed E-state index contributed by atoms with van der Waals surface area (Å²) in [6, 6.07) is 0. The molecular formula is C21H33N3O4. The van der Waals surface area contributed by atoms with Gasteiger partial charge in [-0.15, -0.1) is 0 Å². The van der Waals surface area contributed by atoms with Crippen LogP contribution in [-0.4, -0.2) is 53.4 Å². The van der Waals surface area contributed by atoms with E-state index in [2.05, 4.69) is 15.0 Å². The zero-order valence-electron chi connectivity index (χ0n) is 17.0. The highest BCUT2D eigenvalue weighted by atomic mass is 16.5. The Morgan fingerprint density at radius 3 is 2.75 bits per heavy atom. The SMILES string of the molecule is COCc1noc(CC2CCOC3(CCN(C(=O)CC4CCCC4)CC3)C2)n1. The largest absolute Gasteiger partial charge is 0.377 e. The Hall–Kier alpha value is -1.47. The summed E-state index contributed by atoms with van der Waals surface area (Å²) in [6.45, 7) is 2.82. The number of aromatic nitrogens is 2. The van der Waals surface area contributed by atoms with Crippen molar-refractivity contribution in [1.29, 1.82) is 0 Å². The van der Waals surface area contributed by atoms with E-state index in [-0.39, 0.29) is 5.60 Å². The van der Waals surface area contributed by atoms with Gasteiger partial charge >= 0.3 is 0 Å². The first-order chi connectivity index (χ1) is 13.7. The molecule has 1 aromatic heterocycles. The second kappa shape index (κ2) is 8.91. The molecule has 3 heterocycles. The van der Waals surface area contributed by atoms with Gasteiger partial charge in [0.2, 0.25) is 11.8 Å². The van der Waals surface area contributed by atoms with E-state index in [9.17, 15) is 4.79 Å². The summed E-state index contributed by atoms with van der Waals surface area (Å²) in [5, 5.41) is 3.96. The first-order valence-corrected chi connectivity index (χ1v) is 10.9. The number of nitrogens with zero attached hydrogens (tertiary/aromatic N) is 3. The van der Waals surface area contributed by atoms with Crippen molar-refractivity contribution in [3.8, 4) is 0 Å². The molecule has 3 aliphatic rings. The number of hydrogen-bond acceptors (Lipinski definition) is 6. The predicted octanol–water partition coefficient (Wildman–Crippen LogP) is 3.13. The molecule has 1 spiro atoms. The van der Waals surface area contributed by atoms with Crippen LogP contribution in [0.25, 0.3) is 0 Å². The highest BCUT2D eigenvalue weighted by molar-refractivity contribution is 5.76. The quantitative estimate of drug-likeness (QED) is 0.741. The van der Waals surface area contributed by atoms with Crippen LogP contribution in [0.1, 0.15) is 69.5 Å². The lowest BCUT2D eigenvalue weighted by Crippen LogP contribution is -2.51. The van der Waals surface area contributed by atoms with Crippen LogP contribution >= 0.6 is 0 Å². The minimum atomic E-state index is -0.0809. The number of methoxy groups -OCH3 is 1. The molecule has 1 unspecified atom stereocenters. The van der Waals surface area contributed by atoms with E-state index in [1.54, 1.807) is 7.11 Å². The summed E-state index contributed by atoms with van der Waals surface area (Å²) in [4.78, 5) is 19.1. The monoisotopic (exact) mass is 391 g/mol. The van der Waals surface area contributed by atoms with E-state index in [1.807, 2.05) is 0 Å². The minimum Gasteiger partial charge on any atom is -0.377 e. The number of rotatable bonds is 6. The van der Waals surface area contributed by atoms with Crippen molar-refractivity contribution in [2.75, 3.05) is 26.8 Å². The third-order valence-electron chi connectivity index (χ3n) is 6.81. The van der Waals surface area contributed by atoms with E-state index in [0.29, 0.717) is 36.1 Å². The summed E-state index contributed by atoms with van der Waals surface area (Å²) in [5.74, 6) is 2.76. The van der Waals surface area contributed by atoms with Crippen LogP contribution < -0.4 is 0 Å². The normalized spacial score (nSPS) is 25.5. The van der Waals surface area contributed by atoms with Crippen molar-refractivity contribution < 1.29 is 18.8 Å². The van der Waals surface area contributed by atoms with Crippen LogP contribution in [0.5, 0.6) is 0 Å². The fourth-order valence-corrected chi connectivity index (χ4v) is 5.21. The van der Waals surface area contributed by atoms with Gasteiger partial charge in [0.15, 0.2) is 5.82 Å². The summed E-state index contributed by atoms with van der Waals surface area (Å²) < 4.78 is 16.7. The fraction of sp³-hybridized carbons (Fsp3) is 0.857. The maximum atomic E-state index is 12.6. The van der Waals surface area contributed by atoms with Gasteiger partial charge < -0.3 is 18.9 Å². The maximum Gasteiger partial charge on any atom is 0.227 e. The Morgan fingerprint density at radius 2 is 2.00 bits per heavy atom. The van der Waals surface area contributed by atoms with E-state index < -0.39 is 0 Å². The first kappa shape index (κ1) is 19.8. The number of piperidine rings is 1. The van der Waals surface area contributed by atoms with Gasteiger partial charge in [0, 0.05) is 39.6 Å². The molecule has 1 amide bonds. The lowest BCUT2D eigenvalue weighted by atomic mass is 9.78. The first-order valence-electron chi connectivity index (χ1n) is 10.9. The van der Waals surface area contributed by atoms with Gasteiger partial charge in [-0.2, -0.15) is 4.98 Å². The zero-order valence-corrected chi connectivity index (χ0v) is 17.0. The van der Waals surface area contributed by atoms with Gasteiger partial charge in [-0.3, -0.25) is 4.79 Å². The lowest BCUT2D eigenvalue weighted by molar-refractivity contribution is -0.148. The topological polar surface area (TPSA) is 77.7 Å². The Morgan fingerprint density at radius 1 is 1.21 bits per heavy atom. The third kappa shape index (κ3) is 4.74. The smallest absolute Gasteiger partial charge is 0.227 e. The van der Waals surface area contributed by atoms with Crippen LogP contribution in [0.15, 0.2) is 4.52 Å². The Labute approximate surface area is 167 Å². The lowest BCUT2D eigenvalue weighted by Gasteiger charge is -2.46. The highest BCUT2D eigenvalue weighted by Crippen LogP contribution is 2.39. The molecule has 2 aliphatic heterocycles. The summed E-state index contributed by atoms with van der Waals surface area (Å²) in [7, 11) is 1.63. The Kier molecular flexibility index (Phi) is 6.31. The van der Waals surface area contributed by atoms with Crippen LogP contribution in [0, 0.1) is 11.8 Å². The molecule has 0 N–H and O–H groups in total. The van der Waals surface area contributed by atoms with Crippen LogP contribution in [0.2, 0.25) is 0 Å². The van der Waals surface area contributed by atoms with Crippen molar-refractivity contribution in [2.24, 2.45) is 11.8 Å². The molecule has 1 aliphatic carbocycles. The zero-order chi connectivity index (χ0) is 19.4. The Bertz CT molecular complexity index is 648. The second-order valence-corrected chi connectivity index (χ2v) is 8.87. The highest BCUT2D eigenvalue weighted by Gasteiger charge is 2.41. The molecule has 3 fully saturated rings. The maximum absolute atomic E-state index is 12.6. The van der Waals surface area contributed by atoms with Gasteiger partial charge in [0.25, 0.3) is 0 Å².